The first-order chi connectivity index (χ1) is 10.3. The minimum Gasteiger partial charge on any atom is -0.366 e. The van der Waals surface area contributed by atoms with E-state index >= 15 is 0 Å². The number of halogens is 1. The monoisotopic (exact) mass is 297 g/mol. The molecule has 0 aliphatic carbocycles. The molecule has 104 valence electrons. The second-order valence-corrected chi connectivity index (χ2v) is 4.74. The SMILES string of the molecule is Clc1cc(NCc2cccnc2)nc(-c2cccnc2)n1. The van der Waals surface area contributed by atoms with Crippen LogP contribution in [0.3, 0.4) is 0 Å². The van der Waals surface area contributed by atoms with E-state index in [4.69, 9.17) is 11.6 Å². The summed E-state index contributed by atoms with van der Waals surface area (Å²) in [5, 5.41) is 3.60. The molecular weight excluding hydrogens is 286 g/mol. The van der Waals surface area contributed by atoms with E-state index in [0.29, 0.717) is 23.3 Å². The number of rotatable bonds is 4. The molecule has 0 aliphatic rings. The molecule has 3 aromatic heterocycles. The van der Waals surface area contributed by atoms with Crippen molar-refractivity contribution in [2.75, 3.05) is 5.32 Å². The second kappa shape index (κ2) is 6.28. The van der Waals surface area contributed by atoms with Crippen molar-refractivity contribution in [1.29, 1.82) is 0 Å². The van der Waals surface area contributed by atoms with Crippen molar-refractivity contribution in [2.45, 2.75) is 6.54 Å². The Hall–Kier alpha value is -2.53. The highest BCUT2D eigenvalue weighted by Crippen LogP contribution is 2.19. The van der Waals surface area contributed by atoms with Crippen molar-refractivity contribution in [3.63, 3.8) is 0 Å². The fourth-order valence-corrected chi connectivity index (χ4v) is 2.01. The van der Waals surface area contributed by atoms with Crippen molar-refractivity contribution in [1.82, 2.24) is 19.9 Å². The van der Waals surface area contributed by atoms with Crippen LogP contribution in [0.25, 0.3) is 11.4 Å². The van der Waals surface area contributed by atoms with Crippen molar-refractivity contribution in [3.05, 3.63) is 65.8 Å². The summed E-state index contributed by atoms with van der Waals surface area (Å²) in [5.41, 5.74) is 1.89. The Labute approximate surface area is 127 Å². The Balaban J connectivity index is 1.82. The molecule has 5 nitrogen and oxygen atoms in total. The first-order valence-corrected chi connectivity index (χ1v) is 6.77. The molecule has 6 heteroatoms. The van der Waals surface area contributed by atoms with Crippen LogP contribution in [0.2, 0.25) is 5.15 Å². The highest BCUT2D eigenvalue weighted by atomic mass is 35.5. The zero-order valence-electron chi connectivity index (χ0n) is 11.1. The summed E-state index contributed by atoms with van der Waals surface area (Å²) in [5.74, 6) is 1.21. The van der Waals surface area contributed by atoms with Crippen molar-refractivity contribution in [3.8, 4) is 11.4 Å². The van der Waals surface area contributed by atoms with E-state index in [-0.39, 0.29) is 0 Å². The van der Waals surface area contributed by atoms with Crippen LogP contribution in [0, 0.1) is 0 Å². The number of hydrogen-bond acceptors (Lipinski definition) is 5. The van der Waals surface area contributed by atoms with Crippen LogP contribution in [0.1, 0.15) is 5.56 Å². The third-order valence-corrected chi connectivity index (χ3v) is 3.00. The number of nitrogens with one attached hydrogen (secondary N) is 1. The molecule has 0 unspecified atom stereocenters. The van der Waals surface area contributed by atoms with Crippen LogP contribution < -0.4 is 5.32 Å². The lowest BCUT2D eigenvalue weighted by Gasteiger charge is -2.07. The summed E-state index contributed by atoms with van der Waals surface area (Å²) < 4.78 is 0. The van der Waals surface area contributed by atoms with Gasteiger partial charge >= 0.3 is 0 Å². The molecule has 3 rings (SSSR count). The predicted molar refractivity (Wildman–Crippen MR) is 81.8 cm³/mol. The van der Waals surface area contributed by atoms with E-state index in [2.05, 4.69) is 25.3 Å². The average Bonchev–Trinajstić information content (AvgIpc) is 2.54. The minimum atomic E-state index is 0.387. The van der Waals surface area contributed by atoms with Crippen LogP contribution in [-0.2, 0) is 6.54 Å². The summed E-state index contributed by atoms with van der Waals surface area (Å²) in [7, 11) is 0. The maximum Gasteiger partial charge on any atom is 0.164 e. The molecule has 0 fully saturated rings. The highest BCUT2D eigenvalue weighted by molar-refractivity contribution is 6.29. The van der Waals surface area contributed by atoms with Gasteiger partial charge in [0.05, 0.1) is 0 Å². The third kappa shape index (κ3) is 3.52. The third-order valence-electron chi connectivity index (χ3n) is 2.81. The minimum absolute atomic E-state index is 0.387. The zero-order valence-corrected chi connectivity index (χ0v) is 11.8. The van der Waals surface area contributed by atoms with Crippen LogP contribution in [0.5, 0.6) is 0 Å². The first kappa shape index (κ1) is 13.5. The lowest BCUT2D eigenvalue weighted by atomic mass is 10.2. The van der Waals surface area contributed by atoms with Crippen molar-refractivity contribution >= 4 is 17.4 Å². The smallest absolute Gasteiger partial charge is 0.164 e. The Bertz CT molecular complexity index is 719. The van der Waals surface area contributed by atoms with Gasteiger partial charge in [-0.3, -0.25) is 9.97 Å². The van der Waals surface area contributed by atoms with Crippen LogP contribution in [-0.4, -0.2) is 19.9 Å². The molecule has 0 atom stereocenters. The molecule has 1 N–H and O–H groups in total. The summed E-state index contributed by atoms with van der Waals surface area (Å²) in [6.45, 7) is 0.619. The standard InChI is InChI=1S/C15H12ClN5/c16-13-7-14(19-9-11-3-1-5-17-8-11)21-15(20-13)12-4-2-6-18-10-12/h1-8,10H,9H2,(H,19,20,21). The van der Waals surface area contributed by atoms with Gasteiger partial charge in [-0.2, -0.15) is 0 Å². The van der Waals surface area contributed by atoms with Gasteiger partial charge in [0.25, 0.3) is 0 Å². The van der Waals surface area contributed by atoms with Crippen molar-refractivity contribution in [2.24, 2.45) is 0 Å². The van der Waals surface area contributed by atoms with E-state index < -0.39 is 0 Å². The highest BCUT2D eigenvalue weighted by Gasteiger charge is 2.06. The molecule has 21 heavy (non-hydrogen) atoms. The van der Waals surface area contributed by atoms with E-state index in [1.807, 2.05) is 24.3 Å². The van der Waals surface area contributed by atoms with Gasteiger partial charge < -0.3 is 5.32 Å². The van der Waals surface area contributed by atoms with Gasteiger partial charge in [-0.1, -0.05) is 17.7 Å². The molecule has 0 bridgehead atoms. The van der Waals surface area contributed by atoms with Gasteiger partial charge in [-0.15, -0.1) is 0 Å². The molecule has 0 aliphatic heterocycles. The predicted octanol–water partition coefficient (Wildman–Crippen LogP) is 3.20. The normalized spacial score (nSPS) is 10.3. The van der Waals surface area contributed by atoms with E-state index in [1.54, 1.807) is 30.9 Å². The summed E-state index contributed by atoms with van der Waals surface area (Å²) in [6, 6.07) is 9.31. The lowest BCUT2D eigenvalue weighted by molar-refractivity contribution is 1.07. The fraction of sp³-hybridized carbons (Fsp3) is 0.0667. The van der Waals surface area contributed by atoms with Gasteiger partial charge in [0.1, 0.15) is 11.0 Å². The second-order valence-electron chi connectivity index (χ2n) is 4.36. The summed E-state index contributed by atoms with van der Waals surface area (Å²) >= 11 is 6.06. The molecule has 0 saturated heterocycles. The topological polar surface area (TPSA) is 63.6 Å². The Kier molecular flexibility index (Phi) is 4.02. The van der Waals surface area contributed by atoms with Gasteiger partial charge in [-0.25, -0.2) is 9.97 Å². The molecule has 0 amide bonds. The number of pyridine rings is 2. The average molecular weight is 298 g/mol. The maximum absolute atomic E-state index is 6.06. The van der Waals surface area contributed by atoms with E-state index in [9.17, 15) is 0 Å². The van der Waals surface area contributed by atoms with Gasteiger partial charge in [0.2, 0.25) is 0 Å². The Morgan fingerprint density at radius 2 is 1.81 bits per heavy atom. The molecular formula is C15H12ClN5. The fourth-order valence-electron chi connectivity index (χ4n) is 1.83. The molecule has 0 aromatic carbocycles. The number of nitrogens with zero attached hydrogens (tertiary/aromatic N) is 4. The molecule has 3 heterocycles. The van der Waals surface area contributed by atoms with Crippen LogP contribution in [0.4, 0.5) is 5.82 Å². The van der Waals surface area contributed by atoms with Crippen molar-refractivity contribution < 1.29 is 0 Å². The molecule has 0 saturated carbocycles. The largest absolute Gasteiger partial charge is 0.366 e. The quantitative estimate of drug-likeness (QED) is 0.749. The summed E-state index contributed by atoms with van der Waals surface area (Å²) in [4.78, 5) is 16.8. The maximum atomic E-state index is 6.06. The zero-order chi connectivity index (χ0) is 14.5. The number of hydrogen-bond donors (Lipinski definition) is 1. The number of aromatic nitrogens is 4. The van der Waals surface area contributed by atoms with Crippen LogP contribution >= 0.6 is 11.6 Å². The van der Waals surface area contributed by atoms with Crippen LogP contribution in [0.15, 0.2) is 55.1 Å². The lowest BCUT2D eigenvalue weighted by Crippen LogP contribution is -2.03. The van der Waals surface area contributed by atoms with Gasteiger partial charge in [0, 0.05) is 43.0 Å². The van der Waals surface area contributed by atoms with E-state index in [0.717, 1.165) is 11.1 Å². The Morgan fingerprint density at radius 3 is 2.52 bits per heavy atom. The van der Waals surface area contributed by atoms with Gasteiger partial charge in [-0.05, 0) is 23.8 Å². The summed E-state index contributed by atoms with van der Waals surface area (Å²) in [6.07, 6.45) is 6.95. The Morgan fingerprint density at radius 1 is 1.00 bits per heavy atom. The first-order valence-electron chi connectivity index (χ1n) is 6.39. The molecule has 0 radical (unpaired) electrons. The number of anilines is 1. The van der Waals surface area contributed by atoms with Gasteiger partial charge in [0.15, 0.2) is 5.82 Å². The van der Waals surface area contributed by atoms with E-state index in [1.165, 1.54) is 0 Å². The molecule has 3 aromatic rings. The molecule has 0 spiro atoms.